The van der Waals surface area contributed by atoms with Crippen molar-refractivity contribution in [3.05, 3.63) is 28.7 Å². The molecule has 3 heteroatoms. The largest absolute Gasteiger partial charge is 0.381 e. The van der Waals surface area contributed by atoms with Crippen molar-refractivity contribution in [3.63, 3.8) is 0 Å². The summed E-state index contributed by atoms with van der Waals surface area (Å²) < 4.78 is 1.75. The Morgan fingerprint density at radius 2 is 2.11 bits per heavy atom. The van der Waals surface area contributed by atoms with E-state index in [1.54, 1.807) is 10.6 Å². The van der Waals surface area contributed by atoms with Gasteiger partial charge in [-0.05, 0) is 44.1 Å². The molecule has 3 atom stereocenters. The fraction of sp³-hybridized carbons (Fsp3) is 0.667. The molecule has 1 aliphatic rings. The highest BCUT2D eigenvalue weighted by Gasteiger charge is 2.25. The fourth-order valence-corrected chi connectivity index (χ4v) is 2.96. The number of aromatic nitrogens is 1. The summed E-state index contributed by atoms with van der Waals surface area (Å²) in [4.78, 5) is 11.5. The minimum atomic E-state index is 0.0772. The molecule has 18 heavy (non-hydrogen) atoms. The van der Waals surface area contributed by atoms with Gasteiger partial charge in [-0.25, -0.2) is 0 Å². The van der Waals surface area contributed by atoms with E-state index in [0.717, 1.165) is 18.2 Å². The third kappa shape index (κ3) is 2.95. The predicted octanol–water partition coefficient (Wildman–Crippen LogP) is 3.10. The molecule has 1 aromatic rings. The molecule has 0 aromatic carbocycles. The zero-order valence-corrected chi connectivity index (χ0v) is 11.6. The Kier molecular flexibility index (Phi) is 4.10. The number of nitrogens with zero attached hydrogens (tertiary/aromatic N) is 1. The van der Waals surface area contributed by atoms with E-state index in [0.29, 0.717) is 12.0 Å². The molecule has 3 unspecified atom stereocenters. The topological polar surface area (TPSA) is 34.0 Å². The summed E-state index contributed by atoms with van der Waals surface area (Å²) in [6.45, 7) is 7.38. The highest BCUT2D eigenvalue weighted by Crippen LogP contribution is 2.30. The SMILES string of the molecule is CCn1cc(NC2CCC(C)CC2C)ccc1=O. The van der Waals surface area contributed by atoms with E-state index in [1.165, 1.54) is 19.3 Å². The van der Waals surface area contributed by atoms with Gasteiger partial charge in [0.1, 0.15) is 0 Å². The predicted molar refractivity (Wildman–Crippen MR) is 76.0 cm³/mol. The number of anilines is 1. The first-order valence-corrected chi connectivity index (χ1v) is 7.07. The van der Waals surface area contributed by atoms with E-state index in [-0.39, 0.29) is 5.56 Å². The van der Waals surface area contributed by atoms with Crippen LogP contribution in [0.1, 0.15) is 40.0 Å². The van der Waals surface area contributed by atoms with Gasteiger partial charge in [0.25, 0.3) is 5.56 Å². The van der Waals surface area contributed by atoms with Gasteiger partial charge in [-0.3, -0.25) is 4.79 Å². The van der Waals surface area contributed by atoms with Crippen molar-refractivity contribution in [2.75, 3.05) is 5.32 Å². The van der Waals surface area contributed by atoms with Crippen LogP contribution >= 0.6 is 0 Å². The minimum Gasteiger partial charge on any atom is -0.381 e. The third-order valence-electron chi connectivity index (χ3n) is 4.11. The van der Waals surface area contributed by atoms with Crippen molar-refractivity contribution in [1.29, 1.82) is 0 Å². The standard InChI is InChI=1S/C15H24N2O/c1-4-17-10-13(6-8-15(17)18)16-14-7-5-11(2)9-12(14)3/h6,8,10-12,14,16H,4-5,7,9H2,1-3H3. The number of aryl methyl sites for hydroxylation is 1. The lowest BCUT2D eigenvalue weighted by atomic mass is 9.80. The highest BCUT2D eigenvalue weighted by molar-refractivity contribution is 5.41. The average molecular weight is 248 g/mol. The van der Waals surface area contributed by atoms with Crippen molar-refractivity contribution >= 4 is 5.69 Å². The van der Waals surface area contributed by atoms with Crippen LogP contribution in [-0.2, 0) is 6.54 Å². The molecule has 0 amide bonds. The first-order chi connectivity index (χ1) is 8.60. The van der Waals surface area contributed by atoms with Crippen LogP contribution < -0.4 is 10.9 Å². The van der Waals surface area contributed by atoms with Crippen LogP contribution in [0, 0.1) is 11.8 Å². The van der Waals surface area contributed by atoms with Crippen molar-refractivity contribution in [2.45, 2.75) is 52.6 Å². The second-order valence-electron chi connectivity index (χ2n) is 5.69. The van der Waals surface area contributed by atoms with Crippen LogP contribution in [0.2, 0.25) is 0 Å². The number of hydrogen-bond acceptors (Lipinski definition) is 2. The quantitative estimate of drug-likeness (QED) is 0.892. The molecule has 2 rings (SSSR count). The van der Waals surface area contributed by atoms with Gasteiger partial charge >= 0.3 is 0 Å². The summed E-state index contributed by atoms with van der Waals surface area (Å²) >= 11 is 0. The number of hydrogen-bond donors (Lipinski definition) is 1. The van der Waals surface area contributed by atoms with E-state index in [1.807, 2.05) is 19.2 Å². The number of pyridine rings is 1. The Labute approximate surface area is 109 Å². The molecular weight excluding hydrogens is 224 g/mol. The normalized spacial score (nSPS) is 28.1. The summed E-state index contributed by atoms with van der Waals surface area (Å²) in [6.07, 6.45) is 5.77. The number of nitrogens with one attached hydrogen (secondary N) is 1. The molecule has 0 aliphatic heterocycles. The van der Waals surface area contributed by atoms with Crippen LogP contribution in [0.5, 0.6) is 0 Å². The molecule has 0 spiro atoms. The first kappa shape index (κ1) is 13.2. The van der Waals surface area contributed by atoms with Crippen LogP contribution in [0.15, 0.2) is 23.1 Å². The van der Waals surface area contributed by atoms with E-state index >= 15 is 0 Å². The molecule has 1 fully saturated rings. The van der Waals surface area contributed by atoms with E-state index in [2.05, 4.69) is 19.2 Å². The maximum absolute atomic E-state index is 11.5. The molecule has 1 N–H and O–H groups in total. The molecule has 1 aromatic heterocycles. The number of rotatable bonds is 3. The van der Waals surface area contributed by atoms with Crippen molar-refractivity contribution in [3.8, 4) is 0 Å². The van der Waals surface area contributed by atoms with Crippen molar-refractivity contribution in [1.82, 2.24) is 4.57 Å². The van der Waals surface area contributed by atoms with Gasteiger partial charge in [-0.15, -0.1) is 0 Å². The van der Waals surface area contributed by atoms with Crippen LogP contribution in [0.4, 0.5) is 5.69 Å². The maximum Gasteiger partial charge on any atom is 0.250 e. The highest BCUT2D eigenvalue weighted by atomic mass is 16.1. The van der Waals surface area contributed by atoms with Gasteiger partial charge in [0.15, 0.2) is 0 Å². The second kappa shape index (κ2) is 5.59. The molecule has 1 aliphatic carbocycles. The molecule has 0 saturated heterocycles. The van der Waals surface area contributed by atoms with Gasteiger partial charge < -0.3 is 9.88 Å². The Hall–Kier alpha value is -1.25. The molecule has 0 bridgehead atoms. The van der Waals surface area contributed by atoms with E-state index in [4.69, 9.17) is 0 Å². The van der Waals surface area contributed by atoms with Crippen LogP contribution in [0.25, 0.3) is 0 Å². The Morgan fingerprint density at radius 3 is 2.78 bits per heavy atom. The Morgan fingerprint density at radius 1 is 1.33 bits per heavy atom. The lowest BCUT2D eigenvalue weighted by Crippen LogP contribution is -2.33. The van der Waals surface area contributed by atoms with Crippen LogP contribution in [0.3, 0.4) is 0 Å². The monoisotopic (exact) mass is 248 g/mol. The molecule has 1 heterocycles. The zero-order valence-electron chi connectivity index (χ0n) is 11.6. The van der Waals surface area contributed by atoms with E-state index < -0.39 is 0 Å². The van der Waals surface area contributed by atoms with Gasteiger partial charge in [-0.2, -0.15) is 0 Å². The molecule has 3 nitrogen and oxygen atoms in total. The average Bonchev–Trinajstić information content (AvgIpc) is 2.35. The Balaban J connectivity index is 2.07. The molecule has 0 radical (unpaired) electrons. The fourth-order valence-electron chi connectivity index (χ4n) is 2.96. The summed E-state index contributed by atoms with van der Waals surface area (Å²) in [5, 5.41) is 3.59. The van der Waals surface area contributed by atoms with Crippen molar-refractivity contribution in [2.24, 2.45) is 11.8 Å². The zero-order chi connectivity index (χ0) is 13.1. The maximum atomic E-state index is 11.5. The second-order valence-corrected chi connectivity index (χ2v) is 5.69. The summed E-state index contributed by atoms with van der Waals surface area (Å²) in [7, 11) is 0. The Bertz CT molecular complexity index is 452. The third-order valence-corrected chi connectivity index (χ3v) is 4.11. The lowest BCUT2D eigenvalue weighted by Gasteiger charge is -2.33. The van der Waals surface area contributed by atoms with E-state index in [9.17, 15) is 4.79 Å². The van der Waals surface area contributed by atoms with Crippen LogP contribution in [-0.4, -0.2) is 10.6 Å². The smallest absolute Gasteiger partial charge is 0.250 e. The molecule has 1 saturated carbocycles. The summed E-state index contributed by atoms with van der Waals surface area (Å²) in [5.41, 5.74) is 1.15. The molecular formula is C15H24N2O. The summed E-state index contributed by atoms with van der Waals surface area (Å²) in [5.74, 6) is 1.55. The van der Waals surface area contributed by atoms with Gasteiger partial charge in [-0.1, -0.05) is 13.8 Å². The van der Waals surface area contributed by atoms with Gasteiger partial charge in [0.05, 0.1) is 5.69 Å². The minimum absolute atomic E-state index is 0.0772. The lowest BCUT2D eigenvalue weighted by molar-refractivity contribution is 0.276. The van der Waals surface area contributed by atoms with Gasteiger partial charge in [0.2, 0.25) is 0 Å². The van der Waals surface area contributed by atoms with Gasteiger partial charge in [0, 0.05) is 24.8 Å². The summed E-state index contributed by atoms with van der Waals surface area (Å²) in [6, 6.07) is 4.10. The van der Waals surface area contributed by atoms with Crippen molar-refractivity contribution < 1.29 is 0 Å². The first-order valence-electron chi connectivity index (χ1n) is 7.07. The molecule has 100 valence electrons.